The standard InChI is InChI=1S/C7H6Cl3NO/c1-12-5-2-3-11-6(4-5)7(8,9)10/h2-4H,1H3. The first-order chi connectivity index (χ1) is 5.54. The minimum absolute atomic E-state index is 0.354. The maximum Gasteiger partial charge on any atom is 0.232 e. The second-order valence-electron chi connectivity index (χ2n) is 2.08. The van der Waals surface area contributed by atoms with Gasteiger partial charge < -0.3 is 4.74 Å². The summed E-state index contributed by atoms with van der Waals surface area (Å²) in [6.07, 6.45) is 1.52. The summed E-state index contributed by atoms with van der Waals surface area (Å²) in [4.78, 5) is 3.88. The molecule has 0 saturated carbocycles. The monoisotopic (exact) mass is 225 g/mol. The van der Waals surface area contributed by atoms with Gasteiger partial charge in [0.1, 0.15) is 5.75 Å². The Morgan fingerprint density at radius 1 is 1.42 bits per heavy atom. The average molecular weight is 226 g/mol. The third-order valence-corrected chi connectivity index (χ3v) is 1.84. The van der Waals surface area contributed by atoms with Crippen molar-refractivity contribution in [1.82, 2.24) is 4.98 Å². The van der Waals surface area contributed by atoms with Crippen molar-refractivity contribution in [2.45, 2.75) is 3.79 Å². The Morgan fingerprint density at radius 2 is 2.08 bits per heavy atom. The van der Waals surface area contributed by atoms with Crippen LogP contribution in [0.2, 0.25) is 0 Å². The van der Waals surface area contributed by atoms with E-state index in [1.165, 1.54) is 13.3 Å². The van der Waals surface area contributed by atoms with E-state index in [1.807, 2.05) is 0 Å². The van der Waals surface area contributed by atoms with E-state index >= 15 is 0 Å². The molecule has 0 bridgehead atoms. The molecule has 0 fully saturated rings. The minimum atomic E-state index is -1.49. The first kappa shape index (κ1) is 9.90. The zero-order chi connectivity index (χ0) is 9.19. The molecular weight excluding hydrogens is 220 g/mol. The Balaban J connectivity index is 3.02. The molecule has 0 aliphatic heterocycles. The lowest BCUT2D eigenvalue weighted by Gasteiger charge is -2.10. The van der Waals surface area contributed by atoms with Crippen LogP contribution in [-0.4, -0.2) is 12.1 Å². The SMILES string of the molecule is COc1ccnc(C(Cl)(Cl)Cl)c1. The molecule has 0 saturated heterocycles. The van der Waals surface area contributed by atoms with E-state index in [0.717, 1.165) is 0 Å². The van der Waals surface area contributed by atoms with Gasteiger partial charge in [-0.05, 0) is 6.07 Å². The third-order valence-electron chi connectivity index (χ3n) is 1.26. The van der Waals surface area contributed by atoms with E-state index in [1.54, 1.807) is 12.1 Å². The largest absolute Gasteiger partial charge is 0.497 e. The highest BCUT2D eigenvalue weighted by atomic mass is 35.6. The van der Waals surface area contributed by atoms with Gasteiger partial charge in [0.05, 0.1) is 12.8 Å². The quantitative estimate of drug-likeness (QED) is 0.687. The number of rotatable bonds is 1. The van der Waals surface area contributed by atoms with Crippen LogP contribution in [0.3, 0.4) is 0 Å². The van der Waals surface area contributed by atoms with Gasteiger partial charge in [0.2, 0.25) is 3.79 Å². The van der Waals surface area contributed by atoms with Crippen LogP contribution in [0.5, 0.6) is 5.75 Å². The second-order valence-corrected chi connectivity index (χ2v) is 4.36. The molecule has 0 spiro atoms. The summed E-state index contributed by atoms with van der Waals surface area (Å²) in [6.45, 7) is 0. The van der Waals surface area contributed by atoms with Crippen LogP contribution in [0.25, 0.3) is 0 Å². The van der Waals surface area contributed by atoms with Crippen LogP contribution >= 0.6 is 34.8 Å². The number of methoxy groups -OCH3 is 1. The zero-order valence-corrected chi connectivity index (χ0v) is 8.49. The van der Waals surface area contributed by atoms with Gasteiger partial charge in [0, 0.05) is 12.3 Å². The van der Waals surface area contributed by atoms with Crippen molar-refractivity contribution in [1.29, 1.82) is 0 Å². The number of ether oxygens (including phenoxy) is 1. The van der Waals surface area contributed by atoms with E-state index < -0.39 is 3.79 Å². The average Bonchev–Trinajstić information content (AvgIpc) is 2.03. The second kappa shape index (κ2) is 3.69. The maximum absolute atomic E-state index is 5.60. The van der Waals surface area contributed by atoms with Crippen molar-refractivity contribution >= 4 is 34.8 Å². The summed E-state index contributed by atoms with van der Waals surface area (Å²) in [5, 5.41) is 0. The first-order valence-electron chi connectivity index (χ1n) is 3.11. The van der Waals surface area contributed by atoms with Gasteiger partial charge >= 0.3 is 0 Å². The summed E-state index contributed by atoms with van der Waals surface area (Å²) < 4.78 is 3.44. The van der Waals surface area contributed by atoms with Crippen molar-refractivity contribution in [3.05, 3.63) is 24.0 Å². The molecule has 66 valence electrons. The van der Waals surface area contributed by atoms with Crippen LogP contribution in [0.4, 0.5) is 0 Å². The molecule has 0 radical (unpaired) electrons. The molecule has 1 aromatic rings. The van der Waals surface area contributed by atoms with Crippen LogP contribution in [0.15, 0.2) is 18.3 Å². The van der Waals surface area contributed by atoms with E-state index in [0.29, 0.717) is 11.4 Å². The first-order valence-corrected chi connectivity index (χ1v) is 4.24. The lowest BCUT2D eigenvalue weighted by atomic mass is 10.3. The van der Waals surface area contributed by atoms with Crippen molar-refractivity contribution in [3.63, 3.8) is 0 Å². The van der Waals surface area contributed by atoms with E-state index in [4.69, 9.17) is 39.5 Å². The van der Waals surface area contributed by atoms with Crippen molar-refractivity contribution in [3.8, 4) is 5.75 Å². The smallest absolute Gasteiger partial charge is 0.232 e. The molecule has 1 aromatic heterocycles. The maximum atomic E-state index is 5.60. The molecule has 0 aromatic carbocycles. The molecule has 12 heavy (non-hydrogen) atoms. The van der Waals surface area contributed by atoms with Gasteiger partial charge in [-0.1, -0.05) is 34.8 Å². The van der Waals surface area contributed by atoms with Gasteiger partial charge in [0.15, 0.2) is 0 Å². The number of alkyl halides is 3. The Kier molecular flexibility index (Phi) is 3.04. The van der Waals surface area contributed by atoms with Crippen LogP contribution in [0, 0.1) is 0 Å². The molecule has 0 atom stereocenters. The van der Waals surface area contributed by atoms with Crippen molar-refractivity contribution in [2.24, 2.45) is 0 Å². The summed E-state index contributed by atoms with van der Waals surface area (Å²) in [7, 11) is 1.54. The zero-order valence-electron chi connectivity index (χ0n) is 6.22. The molecule has 0 aliphatic rings. The minimum Gasteiger partial charge on any atom is -0.497 e. The Morgan fingerprint density at radius 3 is 2.58 bits per heavy atom. The fraction of sp³-hybridized carbons (Fsp3) is 0.286. The summed E-state index contributed by atoms with van der Waals surface area (Å²) >= 11 is 16.8. The molecule has 0 amide bonds. The molecule has 1 heterocycles. The molecule has 2 nitrogen and oxygen atoms in total. The summed E-state index contributed by atoms with van der Waals surface area (Å²) in [6, 6.07) is 3.26. The van der Waals surface area contributed by atoms with Gasteiger partial charge in [-0.2, -0.15) is 0 Å². The number of aromatic nitrogens is 1. The van der Waals surface area contributed by atoms with Gasteiger partial charge in [0.25, 0.3) is 0 Å². The van der Waals surface area contributed by atoms with E-state index in [-0.39, 0.29) is 0 Å². The van der Waals surface area contributed by atoms with E-state index in [9.17, 15) is 0 Å². The molecule has 0 N–H and O–H groups in total. The number of hydrogen-bond donors (Lipinski definition) is 0. The van der Waals surface area contributed by atoms with Crippen LogP contribution in [0.1, 0.15) is 5.69 Å². The predicted molar refractivity (Wildman–Crippen MR) is 50.0 cm³/mol. The van der Waals surface area contributed by atoms with Crippen molar-refractivity contribution in [2.75, 3.05) is 7.11 Å². The van der Waals surface area contributed by atoms with Gasteiger partial charge in [-0.15, -0.1) is 0 Å². The van der Waals surface area contributed by atoms with Gasteiger partial charge in [-0.25, -0.2) is 0 Å². The molecule has 0 aliphatic carbocycles. The topological polar surface area (TPSA) is 22.1 Å². The number of pyridine rings is 1. The Labute approximate surface area is 85.4 Å². The molecular formula is C7H6Cl3NO. The lowest BCUT2D eigenvalue weighted by Crippen LogP contribution is -2.03. The third kappa shape index (κ3) is 2.41. The van der Waals surface area contributed by atoms with Crippen molar-refractivity contribution < 1.29 is 4.74 Å². The molecule has 5 heteroatoms. The van der Waals surface area contributed by atoms with Crippen LogP contribution in [-0.2, 0) is 3.79 Å². The molecule has 0 unspecified atom stereocenters. The number of halogens is 3. The fourth-order valence-corrected chi connectivity index (χ4v) is 1.00. The predicted octanol–water partition coefficient (Wildman–Crippen LogP) is 2.92. The number of nitrogens with zero attached hydrogens (tertiary/aromatic N) is 1. The van der Waals surface area contributed by atoms with Crippen LogP contribution < -0.4 is 4.74 Å². The summed E-state index contributed by atoms with van der Waals surface area (Å²) in [5.41, 5.74) is 0.354. The Bertz CT molecular complexity index is 272. The molecule has 1 rings (SSSR count). The summed E-state index contributed by atoms with van der Waals surface area (Å²) in [5.74, 6) is 0.617. The normalized spacial score (nSPS) is 11.3. The highest BCUT2D eigenvalue weighted by Gasteiger charge is 2.24. The number of hydrogen-bond acceptors (Lipinski definition) is 2. The lowest BCUT2D eigenvalue weighted by molar-refractivity contribution is 0.413. The highest BCUT2D eigenvalue weighted by molar-refractivity contribution is 6.66. The Hall–Kier alpha value is -0.180. The fourth-order valence-electron chi connectivity index (χ4n) is 0.693. The highest BCUT2D eigenvalue weighted by Crippen LogP contribution is 2.37. The van der Waals surface area contributed by atoms with E-state index in [2.05, 4.69) is 4.98 Å². The van der Waals surface area contributed by atoms with Gasteiger partial charge in [-0.3, -0.25) is 4.98 Å².